The van der Waals surface area contributed by atoms with E-state index < -0.39 is 0 Å². The third-order valence-corrected chi connectivity index (χ3v) is 3.73. The number of ether oxygens (including phenoxy) is 2. The van der Waals surface area contributed by atoms with Crippen molar-refractivity contribution < 1.29 is 9.47 Å². The Labute approximate surface area is 131 Å². The number of benzene rings is 3. The van der Waals surface area contributed by atoms with E-state index >= 15 is 0 Å². The first-order valence-corrected chi connectivity index (χ1v) is 7.19. The Balaban J connectivity index is 1.84. The average molecular weight is 290 g/mol. The van der Waals surface area contributed by atoms with Crippen molar-refractivity contribution in [1.29, 1.82) is 0 Å². The van der Waals surface area contributed by atoms with Crippen LogP contribution in [0.3, 0.4) is 0 Å². The summed E-state index contributed by atoms with van der Waals surface area (Å²) in [5.74, 6) is 1.75. The number of methoxy groups -OCH3 is 2. The van der Waals surface area contributed by atoms with Crippen LogP contribution < -0.4 is 9.47 Å². The number of rotatable bonds is 4. The zero-order valence-electron chi connectivity index (χ0n) is 12.7. The van der Waals surface area contributed by atoms with Crippen LogP contribution in [-0.4, -0.2) is 14.2 Å². The van der Waals surface area contributed by atoms with E-state index in [1.807, 2.05) is 24.3 Å². The minimum atomic E-state index is 0.874. The molecule has 0 aliphatic heterocycles. The Bertz CT molecular complexity index is 660. The maximum absolute atomic E-state index is 5.19. The van der Waals surface area contributed by atoms with E-state index in [2.05, 4.69) is 48.5 Å². The third kappa shape index (κ3) is 2.96. The Morgan fingerprint density at radius 3 is 0.864 bits per heavy atom. The first kappa shape index (κ1) is 14.2. The standard InChI is InChI=1S/C20H18O2/c1-21-19-11-7-17(8-12-19)15-3-5-16(6-4-15)18-9-13-20(22-2)14-10-18/h3-14H,1-2H3. The van der Waals surface area contributed by atoms with Crippen molar-refractivity contribution in [2.75, 3.05) is 14.2 Å². The van der Waals surface area contributed by atoms with Crippen molar-refractivity contribution in [3.05, 3.63) is 72.8 Å². The molecule has 0 N–H and O–H groups in total. The summed E-state index contributed by atoms with van der Waals surface area (Å²) in [6, 6.07) is 24.8. The molecule has 3 aromatic carbocycles. The SMILES string of the molecule is COc1ccc(-c2ccc(-c3ccc(OC)cc3)cc2)cc1. The second-order valence-electron chi connectivity index (χ2n) is 5.03. The van der Waals surface area contributed by atoms with Gasteiger partial charge in [0.15, 0.2) is 0 Å². The quantitative estimate of drug-likeness (QED) is 0.670. The van der Waals surface area contributed by atoms with Crippen LogP contribution in [-0.2, 0) is 0 Å². The monoisotopic (exact) mass is 290 g/mol. The largest absolute Gasteiger partial charge is 0.497 e. The van der Waals surface area contributed by atoms with Gasteiger partial charge in [0.2, 0.25) is 0 Å². The molecule has 0 atom stereocenters. The highest BCUT2D eigenvalue weighted by Gasteiger charge is 2.01. The van der Waals surface area contributed by atoms with Crippen molar-refractivity contribution in [3.63, 3.8) is 0 Å². The van der Waals surface area contributed by atoms with E-state index in [1.54, 1.807) is 14.2 Å². The van der Waals surface area contributed by atoms with Gasteiger partial charge in [0, 0.05) is 0 Å². The second kappa shape index (κ2) is 6.35. The molecule has 2 heteroatoms. The molecule has 22 heavy (non-hydrogen) atoms. The number of hydrogen-bond donors (Lipinski definition) is 0. The fourth-order valence-electron chi connectivity index (χ4n) is 2.42. The summed E-state index contributed by atoms with van der Waals surface area (Å²) in [4.78, 5) is 0. The van der Waals surface area contributed by atoms with Crippen LogP contribution >= 0.6 is 0 Å². The van der Waals surface area contributed by atoms with Gasteiger partial charge < -0.3 is 9.47 Å². The van der Waals surface area contributed by atoms with Gasteiger partial charge in [-0.15, -0.1) is 0 Å². The maximum Gasteiger partial charge on any atom is 0.118 e. The van der Waals surface area contributed by atoms with E-state index in [4.69, 9.17) is 9.47 Å². The van der Waals surface area contributed by atoms with Crippen molar-refractivity contribution in [2.45, 2.75) is 0 Å². The molecule has 110 valence electrons. The van der Waals surface area contributed by atoms with Gasteiger partial charge >= 0.3 is 0 Å². The second-order valence-corrected chi connectivity index (χ2v) is 5.03. The van der Waals surface area contributed by atoms with Gasteiger partial charge in [-0.2, -0.15) is 0 Å². The normalized spacial score (nSPS) is 10.3. The molecule has 0 saturated heterocycles. The molecule has 0 aromatic heterocycles. The van der Waals surface area contributed by atoms with Crippen LogP contribution in [0.4, 0.5) is 0 Å². The fraction of sp³-hybridized carbons (Fsp3) is 0.100. The minimum Gasteiger partial charge on any atom is -0.497 e. The van der Waals surface area contributed by atoms with Gasteiger partial charge in [-0.3, -0.25) is 0 Å². The lowest BCUT2D eigenvalue weighted by Gasteiger charge is -2.07. The molecule has 0 spiro atoms. The van der Waals surface area contributed by atoms with Gasteiger partial charge in [-0.25, -0.2) is 0 Å². The Hall–Kier alpha value is -2.74. The highest BCUT2D eigenvalue weighted by atomic mass is 16.5. The molecule has 0 amide bonds. The Morgan fingerprint density at radius 2 is 0.636 bits per heavy atom. The van der Waals surface area contributed by atoms with Crippen LogP contribution in [0.2, 0.25) is 0 Å². The summed E-state index contributed by atoms with van der Waals surface area (Å²) in [7, 11) is 3.36. The lowest BCUT2D eigenvalue weighted by Crippen LogP contribution is -1.84. The molecule has 3 aromatic rings. The van der Waals surface area contributed by atoms with E-state index in [0.717, 1.165) is 11.5 Å². The van der Waals surface area contributed by atoms with Gasteiger partial charge in [-0.05, 0) is 46.5 Å². The van der Waals surface area contributed by atoms with E-state index in [1.165, 1.54) is 22.3 Å². The lowest BCUT2D eigenvalue weighted by atomic mass is 10.0. The topological polar surface area (TPSA) is 18.5 Å². The molecular formula is C20H18O2. The fourth-order valence-corrected chi connectivity index (χ4v) is 2.42. The highest BCUT2D eigenvalue weighted by Crippen LogP contribution is 2.27. The average Bonchev–Trinajstić information content (AvgIpc) is 2.62. The summed E-state index contributed by atoms with van der Waals surface area (Å²) >= 11 is 0. The van der Waals surface area contributed by atoms with E-state index in [0.29, 0.717) is 0 Å². The predicted octanol–water partition coefficient (Wildman–Crippen LogP) is 5.04. The van der Waals surface area contributed by atoms with Crippen LogP contribution in [0.15, 0.2) is 72.8 Å². The maximum atomic E-state index is 5.19. The van der Waals surface area contributed by atoms with E-state index in [-0.39, 0.29) is 0 Å². The van der Waals surface area contributed by atoms with Gasteiger partial charge in [0.1, 0.15) is 11.5 Å². The molecule has 0 saturated carbocycles. The molecule has 0 aliphatic rings. The van der Waals surface area contributed by atoms with Crippen molar-refractivity contribution in [3.8, 4) is 33.8 Å². The summed E-state index contributed by atoms with van der Waals surface area (Å²) in [6.07, 6.45) is 0. The molecule has 0 unspecified atom stereocenters. The first-order valence-electron chi connectivity index (χ1n) is 7.19. The van der Waals surface area contributed by atoms with Gasteiger partial charge in [0.05, 0.1) is 14.2 Å². The smallest absolute Gasteiger partial charge is 0.118 e. The van der Waals surface area contributed by atoms with Crippen LogP contribution in [0, 0.1) is 0 Å². The molecule has 0 radical (unpaired) electrons. The Kier molecular flexibility index (Phi) is 4.10. The summed E-state index contributed by atoms with van der Waals surface area (Å²) in [5.41, 5.74) is 4.75. The molecule has 2 nitrogen and oxygen atoms in total. The molecular weight excluding hydrogens is 272 g/mol. The van der Waals surface area contributed by atoms with Crippen molar-refractivity contribution in [1.82, 2.24) is 0 Å². The summed E-state index contributed by atoms with van der Waals surface area (Å²) in [6.45, 7) is 0. The van der Waals surface area contributed by atoms with Crippen molar-refractivity contribution in [2.24, 2.45) is 0 Å². The minimum absolute atomic E-state index is 0.874. The van der Waals surface area contributed by atoms with Crippen LogP contribution in [0.25, 0.3) is 22.3 Å². The van der Waals surface area contributed by atoms with Crippen molar-refractivity contribution >= 4 is 0 Å². The van der Waals surface area contributed by atoms with Crippen LogP contribution in [0.5, 0.6) is 11.5 Å². The number of hydrogen-bond acceptors (Lipinski definition) is 2. The summed E-state index contributed by atoms with van der Waals surface area (Å²) < 4.78 is 10.4. The molecule has 0 heterocycles. The molecule has 0 bridgehead atoms. The zero-order valence-corrected chi connectivity index (χ0v) is 12.7. The van der Waals surface area contributed by atoms with Crippen LogP contribution in [0.1, 0.15) is 0 Å². The molecule has 0 aliphatic carbocycles. The Morgan fingerprint density at radius 1 is 0.409 bits per heavy atom. The third-order valence-electron chi connectivity index (χ3n) is 3.73. The molecule has 0 fully saturated rings. The lowest BCUT2D eigenvalue weighted by molar-refractivity contribution is 0.415. The molecule has 3 rings (SSSR count). The predicted molar refractivity (Wildman–Crippen MR) is 90.4 cm³/mol. The summed E-state index contributed by atoms with van der Waals surface area (Å²) in [5, 5.41) is 0. The van der Waals surface area contributed by atoms with Gasteiger partial charge in [-0.1, -0.05) is 48.5 Å². The first-order chi connectivity index (χ1) is 10.8. The highest BCUT2D eigenvalue weighted by molar-refractivity contribution is 5.71. The van der Waals surface area contributed by atoms with Gasteiger partial charge in [0.25, 0.3) is 0 Å². The van der Waals surface area contributed by atoms with E-state index in [9.17, 15) is 0 Å². The zero-order chi connectivity index (χ0) is 15.4.